The van der Waals surface area contributed by atoms with Crippen LogP contribution in [0.2, 0.25) is 0 Å². The minimum Gasteiger partial charge on any atom is -0.395 e. The third-order valence-electron chi connectivity index (χ3n) is 3.95. The molecule has 0 amide bonds. The molecule has 0 aromatic heterocycles. The van der Waals surface area contributed by atoms with E-state index in [2.05, 4.69) is 4.90 Å². The highest BCUT2D eigenvalue weighted by molar-refractivity contribution is 5.27. The predicted molar refractivity (Wildman–Crippen MR) is 72.4 cm³/mol. The maximum absolute atomic E-state index is 10.2. The number of aliphatic hydroxyl groups excluding tert-OH is 2. The van der Waals surface area contributed by atoms with Gasteiger partial charge in [0.2, 0.25) is 0 Å². The lowest BCUT2D eigenvalue weighted by Gasteiger charge is -2.24. The number of hydrogen-bond acceptors (Lipinski definition) is 3. The zero-order valence-corrected chi connectivity index (χ0v) is 11.0. The Kier molecular flexibility index (Phi) is 4.75. The molecule has 0 saturated carbocycles. The van der Waals surface area contributed by atoms with Crippen LogP contribution in [0.1, 0.15) is 36.5 Å². The van der Waals surface area contributed by atoms with Crippen LogP contribution in [0.3, 0.4) is 0 Å². The fraction of sp³-hybridized carbons (Fsp3) is 0.600. The topological polar surface area (TPSA) is 43.7 Å². The molecule has 1 aliphatic rings. The standard InChI is InChI=1S/C15H23NO2/c1-12-5-2-3-7-14(12)15(18)8-10-16-9-4-6-13(16)11-17/h2-3,5,7,13,15,17-18H,4,6,8-11H2,1H3. The van der Waals surface area contributed by atoms with Gasteiger partial charge in [0, 0.05) is 12.6 Å². The second kappa shape index (κ2) is 6.32. The van der Waals surface area contributed by atoms with Gasteiger partial charge in [-0.15, -0.1) is 0 Å². The minimum atomic E-state index is -0.397. The molecule has 0 radical (unpaired) electrons. The Morgan fingerprint density at radius 1 is 1.39 bits per heavy atom. The van der Waals surface area contributed by atoms with Gasteiger partial charge in [-0.05, 0) is 43.9 Å². The van der Waals surface area contributed by atoms with Crippen molar-refractivity contribution >= 4 is 0 Å². The van der Waals surface area contributed by atoms with E-state index in [0.717, 1.165) is 43.5 Å². The number of rotatable bonds is 5. The maximum Gasteiger partial charge on any atom is 0.0804 e. The summed E-state index contributed by atoms with van der Waals surface area (Å²) in [5.41, 5.74) is 2.17. The van der Waals surface area contributed by atoms with E-state index in [9.17, 15) is 10.2 Å². The number of aliphatic hydroxyl groups is 2. The zero-order chi connectivity index (χ0) is 13.0. The van der Waals surface area contributed by atoms with Crippen LogP contribution in [0.4, 0.5) is 0 Å². The number of hydrogen-bond donors (Lipinski definition) is 2. The van der Waals surface area contributed by atoms with Crippen molar-refractivity contribution in [2.75, 3.05) is 19.7 Å². The lowest BCUT2D eigenvalue weighted by Crippen LogP contribution is -2.33. The average Bonchev–Trinajstić information content (AvgIpc) is 2.84. The summed E-state index contributed by atoms with van der Waals surface area (Å²) < 4.78 is 0. The number of benzene rings is 1. The minimum absolute atomic E-state index is 0.237. The largest absolute Gasteiger partial charge is 0.395 e. The van der Waals surface area contributed by atoms with Gasteiger partial charge in [0.15, 0.2) is 0 Å². The maximum atomic E-state index is 10.2. The summed E-state index contributed by atoms with van der Waals surface area (Å²) in [6, 6.07) is 8.29. The van der Waals surface area contributed by atoms with Crippen molar-refractivity contribution in [3.63, 3.8) is 0 Å². The van der Waals surface area contributed by atoms with E-state index >= 15 is 0 Å². The van der Waals surface area contributed by atoms with Crippen LogP contribution in [0, 0.1) is 6.92 Å². The molecule has 2 N–H and O–H groups in total. The summed E-state index contributed by atoms with van der Waals surface area (Å²) in [4.78, 5) is 2.29. The van der Waals surface area contributed by atoms with Crippen molar-refractivity contribution in [1.82, 2.24) is 4.90 Å². The Balaban J connectivity index is 1.88. The quantitative estimate of drug-likeness (QED) is 0.837. The van der Waals surface area contributed by atoms with Crippen LogP contribution in [0.15, 0.2) is 24.3 Å². The molecule has 3 nitrogen and oxygen atoms in total. The number of aryl methyl sites for hydroxylation is 1. The van der Waals surface area contributed by atoms with Crippen LogP contribution in [0.5, 0.6) is 0 Å². The fourth-order valence-corrected chi connectivity index (χ4v) is 2.80. The third kappa shape index (κ3) is 3.10. The first kappa shape index (κ1) is 13.5. The first-order chi connectivity index (χ1) is 8.72. The van der Waals surface area contributed by atoms with Crippen LogP contribution in [0.25, 0.3) is 0 Å². The molecular formula is C15H23NO2. The molecule has 0 bridgehead atoms. The molecule has 2 unspecified atom stereocenters. The zero-order valence-electron chi connectivity index (χ0n) is 11.0. The molecule has 1 aromatic carbocycles. The summed E-state index contributed by atoms with van der Waals surface area (Å²) in [5.74, 6) is 0. The molecular weight excluding hydrogens is 226 g/mol. The van der Waals surface area contributed by atoms with Crippen molar-refractivity contribution in [2.24, 2.45) is 0 Å². The third-order valence-corrected chi connectivity index (χ3v) is 3.95. The molecule has 1 aromatic rings. The lowest BCUT2D eigenvalue weighted by molar-refractivity contribution is 0.116. The highest BCUT2D eigenvalue weighted by Crippen LogP contribution is 2.23. The van der Waals surface area contributed by atoms with Gasteiger partial charge in [-0.1, -0.05) is 24.3 Å². The molecule has 1 heterocycles. The van der Waals surface area contributed by atoms with Crippen molar-refractivity contribution in [3.05, 3.63) is 35.4 Å². The van der Waals surface area contributed by atoms with Crippen LogP contribution in [-0.4, -0.2) is 40.9 Å². The molecule has 0 aliphatic carbocycles. The molecule has 18 heavy (non-hydrogen) atoms. The molecule has 2 atom stereocenters. The van der Waals surface area contributed by atoms with Crippen LogP contribution >= 0.6 is 0 Å². The van der Waals surface area contributed by atoms with Gasteiger partial charge in [0.05, 0.1) is 12.7 Å². The summed E-state index contributed by atoms with van der Waals surface area (Å²) >= 11 is 0. The Morgan fingerprint density at radius 3 is 2.89 bits per heavy atom. The first-order valence-electron chi connectivity index (χ1n) is 6.81. The summed E-state index contributed by atoms with van der Waals surface area (Å²) in [6.45, 7) is 4.18. The first-order valence-corrected chi connectivity index (χ1v) is 6.81. The predicted octanol–water partition coefficient (Wildman–Crippen LogP) is 1.88. The van der Waals surface area contributed by atoms with Gasteiger partial charge < -0.3 is 10.2 Å². The molecule has 3 heteroatoms. The Labute approximate surface area is 109 Å². The molecule has 2 rings (SSSR count). The smallest absolute Gasteiger partial charge is 0.0804 e. The van der Waals surface area contributed by atoms with E-state index in [1.165, 1.54) is 0 Å². The number of nitrogens with zero attached hydrogens (tertiary/aromatic N) is 1. The molecule has 100 valence electrons. The normalized spacial score (nSPS) is 22.3. The van der Waals surface area contributed by atoms with Crippen molar-refractivity contribution in [3.8, 4) is 0 Å². The van der Waals surface area contributed by atoms with Gasteiger partial charge in [0.25, 0.3) is 0 Å². The SMILES string of the molecule is Cc1ccccc1C(O)CCN1CCCC1CO. The van der Waals surface area contributed by atoms with Crippen molar-refractivity contribution in [2.45, 2.75) is 38.3 Å². The second-order valence-electron chi connectivity index (χ2n) is 5.18. The van der Waals surface area contributed by atoms with E-state index < -0.39 is 6.10 Å². The Morgan fingerprint density at radius 2 is 2.17 bits per heavy atom. The van der Waals surface area contributed by atoms with Crippen LogP contribution in [-0.2, 0) is 0 Å². The molecule has 0 spiro atoms. The van der Waals surface area contributed by atoms with Crippen molar-refractivity contribution < 1.29 is 10.2 Å². The van der Waals surface area contributed by atoms with E-state index in [0.29, 0.717) is 6.04 Å². The van der Waals surface area contributed by atoms with E-state index in [1.807, 2.05) is 31.2 Å². The Bertz CT molecular complexity index is 381. The highest BCUT2D eigenvalue weighted by atomic mass is 16.3. The molecule has 1 aliphatic heterocycles. The van der Waals surface area contributed by atoms with Gasteiger partial charge >= 0.3 is 0 Å². The average molecular weight is 249 g/mol. The molecule has 1 saturated heterocycles. The summed E-state index contributed by atoms with van der Waals surface area (Å²) in [5, 5.41) is 19.5. The van der Waals surface area contributed by atoms with Gasteiger partial charge in [0.1, 0.15) is 0 Å². The second-order valence-corrected chi connectivity index (χ2v) is 5.18. The summed E-state index contributed by atoms with van der Waals surface area (Å²) in [7, 11) is 0. The summed E-state index contributed by atoms with van der Waals surface area (Å²) in [6.07, 6.45) is 2.58. The van der Waals surface area contributed by atoms with E-state index in [4.69, 9.17) is 0 Å². The van der Waals surface area contributed by atoms with Gasteiger partial charge in [-0.25, -0.2) is 0 Å². The monoisotopic (exact) mass is 249 g/mol. The number of likely N-dealkylation sites (tertiary alicyclic amines) is 1. The van der Waals surface area contributed by atoms with E-state index in [1.54, 1.807) is 0 Å². The molecule has 1 fully saturated rings. The van der Waals surface area contributed by atoms with Gasteiger partial charge in [-0.2, -0.15) is 0 Å². The van der Waals surface area contributed by atoms with Crippen molar-refractivity contribution in [1.29, 1.82) is 0 Å². The van der Waals surface area contributed by atoms with Crippen LogP contribution < -0.4 is 0 Å². The lowest BCUT2D eigenvalue weighted by atomic mass is 10.0. The van der Waals surface area contributed by atoms with Gasteiger partial charge in [-0.3, -0.25) is 4.90 Å². The van der Waals surface area contributed by atoms with E-state index in [-0.39, 0.29) is 6.61 Å². The Hall–Kier alpha value is -0.900. The highest BCUT2D eigenvalue weighted by Gasteiger charge is 2.24. The fourth-order valence-electron chi connectivity index (χ4n) is 2.80.